The van der Waals surface area contributed by atoms with Gasteiger partial charge in [0.1, 0.15) is 0 Å². The molecule has 1 heterocycles. The Balaban J connectivity index is 2.00. The van der Waals surface area contributed by atoms with Gasteiger partial charge in [0.15, 0.2) is 0 Å². The molecule has 0 aromatic carbocycles. The summed E-state index contributed by atoms with van der Waals surface area (Å²) in [7, 11) is 0. The smallest absolute Gasteiger partial charge is 0.0854 e. The maximum absolute atomic E-state index is 4.56. The fraction of sp³-hybridized carbons (Fsp3) is 1.00. The summed E-state index contributed by atoms with van der Waals surface area (Å²) >= 11 is 0. The Hall–Kier alpha value is -0.160. The van der Waals surface area contributed by atoms with E-state index in [0.717, 1.165) is 25.7 Å². The molecule has 1 aliphatic rings. The molecule has 1 fully saturated rings. The summed E-state index contributed by atoms with van der Waals surface area (Å²) in [5.41, 5.74) is 0. The van der Waals surface area contributed by atoms with E-state index >= 15 is 0 Å². The van der Waals surface area contributed by atoms with E-state index < -0.39 is 0 Å². The highest BCUT2D eigenvalue weighted by Crippen LogP contribution is 2.03. The third-order valence-electron chi connectivity index (χ3n) is 1.33. The standard InChI is InChI=1S/C6H12O4/c1-2-4-6-8-10-9-7-5-3-1/h1-6H2. The van der Waals surface area contributed by atoms with Crippen molar-refractivity contribution < 1.29 is 19.9 Å². The van der Waals surface area contributed by atoms with Gasteiger partial charge in [-0.25, -0.2) is 9.78 Å². The Morgan fingerprint density at radius 2 is 1.10 bits per heavy atom. The monoisotopic (exact) mass is 148 g/mol. The van der Waals surface area contributed by atoms with Gasteiger partial charge in [-0.1, -0.05) is 12.8 Å². The van der Waals surface area contributed by atoms with Gasteiger partial charge in [0.05, 0.1) is 13.2 Å². The minimum atomic E-state index is 0.573. The van der Waals surface area contributed by atoms with Crippen molar-refractivity contribution in [3.63, 3.8) is 0 Å². The van der Waals surface area contributed by atoms with Crippen molar-refractivity contribution in [3.8, 4) is 0 Å². The predicted molar refractivity (Wildman–Crippen MR) is 32.5 cm³/mol. The second kappa shape index (κ2) is 5.61. The lowest BCUT2D eigenvalue weighted by Gasteiger charge is -2.05. The van der Waals surface area contributed by atoms with Crippen molar-refractivity contribution in [1.29, 1.82) is 0 Å². The first kappa shape index (κ1) is 7.94. The molecule has 4 heteroatoms. The van der Waals surface area contributed by atoms with Crippen molar-refractivity contribution in [2.75, 3.05) is 13.2 Å². The Labute approximate surface area is 59.8 Å². The maximum atomic E-state index is 4.56. The summed E-state index contributed by atoms with van der Waals surface area (Å²) in [5.74, 6) is 0. The zero-order chi connectivity index (χ0) is 7.07. The maximum Gasteiger partial charge on any atom is 0.0854 e. The van der Waals surface area contributed by atoms with Crippen LogP contribution in [0.5, 0.6) is 0 Å². The second-order valence-corrected chi connectivity index (χ2v) is 2.19. The van der Waals surface area contributed by atoms with Crippen molar-refractivity contribution in [2.24, 2.45) is 0 Å². The molecular weight excluding hydrogens is 136 g/mol. The van der Waals surface area contributed by atoms with E-state index in [1.54, 1.807) is 0 Å². The summed E-state index contributed by atoms with van der Waals surface area (Å²) in [5, 5.41) is 8.38. The van der Waals surface area contributed by atoms with Gasteiger partial charge in [-0.15, -0.1) is 0 Å². The minimum Gasteiger partial charge on any atom is -0.204 e. The van der Waals surface area contributed by atoms with Gasteiger partial charge in [-0.05, 0) is 22.9 Å². The van der Waals surface area contributed by atoms with Crippen LogP contribution in [0.3, 0.4) is 0 Å². The molecule has 0 amide bonds. The summed E-state index contributed by atoms with van der Waals surface area (Å²) in [6.07, 6.45) is 4.35. The van der Waals surface area contributed by atoms with Gasteiger partial charge in [-0.2, -0.15) is 0 Å². The highest BCUT2D eigenvalue weighted by molar-refractivity contribution is 4.40. The fourth-order valence-electron chi connectivity index (χ4n) is 0.783. The first-order valence-electron chi connectivity index (χ1n) is 3.58. The van der Waals surface area contributed by atoms with Crippen LogP contribution in [0.2, 0.25) is 0 Å². The number of rotatable bonds is 0. The van der Waals surface area contributed by atoms with Crippen LogP contribution in [-0.2, 0) is 19.9 Å². The van der Waals surface area contributed by atoms with Crippen LogP contribution in [0.4, 0.5) is 0 Å². The van der Waals surface area contributed by atoms with Gasteiger partial charge in [0.2, 0.25) is 0 Å². The summed E-state index contributed by atoms with van der Waals surface area (Å²) < 4.78 is 0. The van der Waals surface area contributed by atoms with Crippen LogP contribution in [0.15, 0.2) is 0 Å². The molecule has 60 valence electrons. The van der Waals surface area contributed by atoms with E-state index in [-0.39, 0.29) is 0 Å². The zero-order valence-corrected chi connectivity index (χ0v) is 5.88. The van der Waals surface area contributed by atoms with E-state index in [9.17, 15) is 0 Å². The van der Waals surface area contributed by atoms with Crippen molar-refractivity contribution in [2.45, 2.75) is 25.7 Å². The predicted octanol–water partition coefficient (Wildman–Crippen LogP) is 1.37. The first-order valence-corrected chi connectivity index (χ1v) is 3.58. The molecule has 0 spiro atoms. The third kappa shape index (κ3) is 3.79. The molecular formula is C6H12O4. The van der Waals surface area contributed by atoms with Crippen LogP contribution in [-0.4, -0.2) is 13.2 Å². The molecule has 0 atom stereocenters. The van der Waals surface area contributed by atoms with Crippen LogP contribution in [0, 0.1) is 0 Å². The lowest BCUT2D eigenvalue weighted by molar-refractivity contribution is -0.634. The quantitative estimate of drug-likeness (QED) is 0.486. The number of hydrogen-bond acceptors (Lipinski definition) is 4. The van der Waals surface area contributed by atoms with E-state index in [1.165, 1.54) is 0 Å². The molecule has 0 aromatic heterocycles. The first-order chi connectivity index (χ1) is 5.00. The Bertz CT molecular complexity index is 42.9. The molecule has 1 saturated heterocycles. The molecule has 0 N–H and O–H groups in total. The lowest BCUT2D eigenvalue weighted by atomic mass is 10.2. The Morgan fingerprint density at radius 1 is 0.600 bits per heavy atom. The molecule has 0 bridgehead atoms. The summed E-state index contributed by atoms with van der Waals surface area (Å²) in [6, 6.07) is 0. The van der Waals surface area contributed by atoms with Gasteiger partial charge in [-0.3, -0.25) is 0 Å². The molecule has 0 radical (unpaired) electrons. The normalized spacial score (nSPS) is 24.0. The van der Waals surface area contributed by atoms with Crippen LogP contribution < -0.4 is 0 Å². The molecule has 1 rings (SSSR count). The molecule has 1 aliphatic heterocycles. The highest BCUT2D eigenvalue weighted by atomic mass is 17.7. The van der Waals surface area contributed by atoms with Crippen LogP contribution in [0.1, 0.15) is 25.7 Å². The molecule has 10 heavy (non-hydrogen) atoms. The largest absolute Gasteiger partial charge is 0.204 e. The SMILES string of the molecule is C1CCCOOOOCC1. The molecule has 0 unspecified atom stereocenters. The van der Waals surface area contributed by atoms with E-state index in [4.69, 9.17) is 0 Å². The number of hydrogen-bond donors (Lipinski definition) is 0. The zero-order valence-electron chi connectivity index (χ0n) is 5.88. The Morgan fingerprint density at radius 3 is 1.60 bits per heavy atom. The highest BCUT2D eigenvalue weighted by Gasteiger charge is 1.96. The average molecular weight is 148 g/mol. The van der Waals surface area contributed by atoms with Gasteiger partial charge < -0.3 is 0 Å². The third-order valence-corrected chi connectivity index (χ3v) is 1.33. The molecule has 0 aliphatic carbocycles. The van der Waals surface area contributed by atoms with Crippen molar-refractivity contribution >= 4 is 0 Å². The average Bonchev–Trinajstić information content (AvgIpc) is 2.01. The summed E-state index contributed by atoms with van der Waals surface area (Å²) in [6.45, 7) is 1.15. The van der Waals surface area contributed by atoms with Gasteiger partial charge in [0.25, 0.3) is 0 Å². The van der Waals surface area contributed by atoms with E-state index in [0.29, 0.717) is 13.2 Å². The molecule has 0 aromatic rings. The van der Waals surface area contributed by atoms with Crippen LogP contribution in [0.25, 0.3) is 0 Å². The summed E-state index contributed by atoms with van der Waals surface area (Å²) in [4.78, 5) is 9.13. The van der Waals surface area contributed by atoms with E-state index in [2.05, 4.69) is 19.9 Å². The second-order valence-electron chi connectivity index (χ2n) is 2.19. The van der Waals surface area contributed by atoms with Gasteiger partial charge >= 0.3 is 0 Å². The molecule has 4 nitrogen and oxygen atoms in total. The topological polar surface area (TPSA) is 36.9 Å². The Kier molecular flexibility index (Phi) is 4.46. The fourth-order valence-corrected chi connectivity index (χ4v) is 0.783. The van der Waals surface area contributed by atoms with E-state index in [1.807, 2.05) is 0 Å². The van der Waals surface area contributed by atoms with Crippen molar-refractivity contribution in [3.05, 3.63) is 0 Å². The van der Waals surface area contributed by atoms with Gasteiger partial charge in [0, 0.05) is 0 Å². The minimum absolute atomic E-state index is 0.573. The van der Waals surface area contributed by atoms with Crippen LogP contribution >= 0.6 is 0 Å². The van der Waals surface area contributed by atoms with Crippen molar-refractivity contribution in [1.82, 2.24) is 0 Å². The molecule has 0 saturated carbocycles. The lowest BCUT2D eigenvalue weighted by Crippen LogP contribution is -2.03.